The zero-order valence-electron chi connectivity index (χ0n) is 10.3. The van der Waals surface area contributed by atoms with Gasteiger partial charge in [-0.1, -0.05) is 24.3 Å². The minimum atomic E-state index is -3.09. The van der Waals surface area contributed by atoms with Gasteiger partial charge >= 0.3 is 0 Å². The van der Waals surface area contributed by atoms with Gasteiger partial charge in [0.15, 0.2) is 0 Å². The van der Waals surface area contributed by atoms with Crippen LogP contribution in [0.15, 0.2) is 24.3 Å². The van der Waals surface area contributed by atoms with Crippen LogP contribution in [0.1, 0.15) is 17.5 Å². The topological polar surface area (TPSA) is 49.4 Å². The SMILES string of the molecule is O=S(=O)(CCC1CNC1)N1Cc2ccccc2C1. The summed E-state index contributed by atoms with van der Waals surface area (Å²) < 4.78 is 26.1. The van der Waals surface area contributed by atoms with Gasteiger partial charge < -0.3 is 5.32 Å². The van der Waals surface area contributed by atoms with Crippen LogP contribution in [0.2, 0.25) is 0 Å². The zero-order chi connectivity index (χ0) is 12.6. The molecule has 1 fully saturated rings. The van der Waals surface area contributed by atoms with Crippen LogP contribution in [-0.2, 0) is 23.1 Å². The Morgan fingerprint density at radius 2 is 1.78 bits per heavy atom. The van der Waals surface area contributed by atoms with Crippen LogP contribution in [0.3, 0.4) is 0 Å². The van der Waals surface area contributed by atoms with Crippen molar-refractivity contribution in [1.29, 1.82) is 0 Å². The molecule has 0 aromatic heterocycles. The molecule has 18 heavy (non-hydrogen) atoms. The average Bonchev–Trinajstić information content (AvgIpc) is 2.71. The first-order valence-electron chi connectivity index (χ1n) is 6.40. The van der Waals surface area contributed by atoms with Gasteiger partial charge in [0.25, 0.3) is 0 Å². The molecule has 0 bridgehead atoms. The summed E-state index contributed by atoms with van der Waals surface area (Å²) in [6, 6.07) is 7.96. The Morgan fingerprint density at radius 1 is 1.17 bits per heavy atom. The van der Waals surface area contributed by atoms with Crippen molar-refractivity contribution in [2.75, 3.05) is 18.8 Å². The predicted octanol–water partition coefficient (Wildman–Crippen LogP) is 0.941. The number of sulfonamides is 1. The van der Waals surface area contributed by atoms with E-state index in [0.29, 0.717) is 19.0 Å². The lowest BCUT2D eigenvalue weighted by atomic mass is 10.0. The van der Waals surface area contributed by atoms with Crippen LogP contribution in [0.4, 0.5) is 0 Å². The number of rotatable bonds is 4. The summed E-state index contributed by atoms with van der Waals surface area (Å²) in [6.07, 6.45) is 0.780. The minimum absolute atomic E-state index is 0.285. The Bertz CT molecular complexity index is 513. The highest BCUT2D eigenvalue weighted by Crippen LogP contribution is 2.25. The number of benzene rings is 1. The monoisotopic (exact) mass is 266 g/mol. The molecule has 2 heterocycles. The summed E-state index contributed by atoms with van der Waals surface area (Å²) in [5.41, 5.74) is 2.29. The number of hydrogen-bond donors (Lipinski definition) is 1. The largest absolute Gasteiger partial charge is 0.316 e. The normalized spacial score (nSPS) is 20.7. The fraction of sp³-hybridized carbons (Fsp3) is 0.538. The van der Waals surface area contributed by atoms with E-state index in [-0.39, 0.29) is 5.75 Å². The van der Waals surface area contributed by atoms with E-state index in [2.05, 4.69) is 5.32 Å². The van der Waals surface area contributed by atoms with Crippen molar-refractivity contribution in [3.63, 3.8) is 0 Å². The van der Waals surface area contributed by atoms with Gasteiger partial charge in [-0.3, -0.25) is 0 Å². The van der Waals surface area contributed by atoms with Crippen molar-refractivity contribution in [2.45, 2.75) is 19.5 Å². The van der Waals surface area contributed by atoms with Gasteiger partial charge in [0.05, 0.1) is 5.75 Å². The van der Waals surface area contributed by atoms with Crippen LogP contribution < -0.4 is 5.32 Å². The van der Waals surface area contributed by atoms with Crippen LogP contribution in [0.25, 0.3) is 0 Å². The van der Waals surface area contributed by atoms with E-state index >= 15 is 0 Å². The molecule has 2 aliphatic rings. The Morgan fingerprint density at radius 3 is 2.28 bits per heavy atom. The summed E-state index contributed by atoms with van der Waals surface area (Å²) in [7, 11) is -3.09. The predicted molar refractivity (Wildman–Crippen MR) is 70.5 cm³/mol. The fourth-order valence-electron chi connectivity index (χ4n) is 2.50. The van der Waals surface area contributed by atoms with Crippen LogP contribution in [0.5, 0.6) is 0 Å². The van der Waals surface area contributed by atoms with Crippen molar-refractivity contribution < 1.29 is 8.42 Å². The lowest BCUT2D eigenvalue weighted by Gasteiger charge is -2.27. The molecule has 0 aliphatic carbocycles. The minimum Gasteiger partial charge on any atom is -0.316 e. The molecule has 0 atom stereocenters. The molecular formula is C13H18N2O2S. The van der Waals surface area contributed by atoms with Gasteiger partial charge in [0.1, 0.15) is 0 Å². The third-order valence-electron chi connectivity index (χ3n) is 3.86. The maximum absolute atomic E-state index is 12.3. The van der Waals surface area contributed by atoms with Crippen molar-refractivity contribution >= 4 is 10.0 Å². The summed E-state index contributed by atoms with van der Waals surface area (Å²) in [5, 5.41) is 3.17. The van der Waals surface area contributed by atoms with E-state index in [4.69, 9.17) is 0 Å². The highest BCUT2D eigenvalue weighted by Gasteiger charge is 2.30. The van der Waals surface area contributed by atoms with Gasteiger partial charge in [-0.25, -0.2) is 8.42 Å². The van der Waals surface area contributed by atoms with E-state index in [1.165, 1.54) is 0 Å². The molecule has 0 spiro atoms. The maximum Gasteiger partial charge on any atom is 0.214 e. The quantitative estimate of drug-likeness (QED) is 0.882. The van der Waals surface area contributed by atoms with Crippen molar-refractivity contribution in [3.05, 3.63) is 35.4 Å². The van der Waals surface area contributed by atoms with Crippen LogP contribution in [-0.4, -0.2) is 31.6 Å². The molecule has 1 aromatic carbocycles. The van der Waals surface area contributed by atoms with Crippen LogP contribution in [0, 0.1) is 5.92 Å². The Hall–Kier alpha value is -0.910. The standard InChI is InChI=1S/C13H18N2O2S/c16-18(17,6-5-11-7-14-8-11)15-9-12-3-1-2-4-13(12)10-15/h1-4,11,14H,5-10H2. The van der Waals surface area contributed by atoms with Crippen molar-refractivity contribution in [3.8, 4) is 0 Å². The number of nitrogens with one attached hydrogen (secondary N) is 1. The average molecular weight is 266 g/mol. The molecule has 0 unspecified atom stereocenters. The molecule has 1 aromatic rings. The molecular weight excluding hydrogens is 248 g/mol. The molecule has 0 saturated carbocycles. The van der Waals surface area contributed by atoms with Crippen LogP contribution >= 0.6 is 0 Å². The first kappa shape index (κ1) is 12.1. The second-order valence-electron chi connectivity index (χ2n) is 5.17. The molecule has 0 radical (unpaired) electrons. The van der Waals surface area contributed by atoms with Gasteiger partial charge in [-0.15, -0.1) is 0 Å². The molecule has 2 aliphatic heterocycles. The fourth-order valence-corrected chi connectivity index (χ4v) is 4.06. The molecule has 5 heteroatoms. The maximum atomic E-state index is 12.3. The van der Waals surface area contributed by atoms with Gasteiger partial charge in [0, 0.05) is 13.1 Å². The molecule has 1 N–H and O–H groups in total. The Balaban J connectivity index is 1.65. The number of hydrogen-bond acceptors (Lipinski definition) is 3. The first-order chi connectivity index (χ1) is 8.65. The summed E-state index contributed by atoms with van der Waals surface area (Å²) in [6.45, 7) is 3.02. The number of nitrogens with zero attached hydrogens (tertiary/aromatic N) is 1. The van der Waals surface area contributed by atoms with E-state index in [0.717, 1.165) is 30.6 Å². The van der Waals surface area contributed by atoms with E-state index < -0.39 is 10.0 Å². The highest BCUT2D eigenvalue weighted by molar-refractivity contribution is 7.89. The summed E-state index contributed by atoms with van der Waals surface area (Å²) in [5.74, 6) is 0.831. The summed E-state index contributed by atoms with van der Waals surface area (Å²) >= 11 is 0. The lowest BCUT2D eigenvalue weighted by molar-refractivity contribution is 0.335. The van der Waals surface area contributed by atoms with E-state index in [1.54, 1.807) is 4.31 Å². The van der Waals surface area contributed by atoms with Gasteiger partial charge in [-0.2, -0.15) is 4.31 Å². The first-order valence-corrected chi connectivity index (χ1v) is 8.01. The third-order valence-corrected chi connectivity index (χ3v) is 5.65. The Kier molecular flexibility index (Phi) is 3.13. The molecule has 0 amide bonds. The second kappa shape index (κ2) is 4.64. The smallest absolute Gasteiger partial charge is 0.214 e. The summed E-state index contributed by atoms with van der Waals surface area (Å²) in [4.78, 5) is 0. The van der Waals surface area contributed by atoms with E-state index in [1.807, 2.05) is 24.3 Å². The second-order valence-corrected chi connectivity index (χ2v) is 7.25. The van der Waals surface area contributed by atoms with Gasteiger partial charge in [0.2, 0.25) is 10.0 Å². The Labute approximate surface area is 108 Å². The van der Waals surface area contributed by atoms with E-state index in [9.17, 15) is 8.42 Å². The molecule has 98 valence electrons. The molecule has 4 nitrogen and oxygen atoms in total. The molecule has 1 saturated heterocycles. The highest BCUT2D eigenvalue weighted by atomic mass is 32.2. The van der Waals surface area contributed by atoms with Gasteiger partial charge in [-0.05, 0) is 36.6 Å². The number of fused-ring (bicyclic) bond motifs is 1. The molecule has 3 rings (SSSR count). The van der Waals surface area contributed by atoms with Crippen molar-refractivity contribution in [1.82, 2.24) is 9.62 Å². The third kappa shape index (κ3) is 2.30. The van der Waals surface area contributed by atoms with Crippen molar-refractivity contribution in [2.24, 2.45) is 5.92 Å². The lowest BCUT2D eigenvalue weighted by Crippen LogP contribution is -2.43. The zero-order valence-corrected chi connectivity index (χ0v) is 11.1.